The van der Waals surface area contributed by atoms with Crippen LogP contribution in [0.25, 0.3) is 0 Å². The van der Waals surface area contributed by atoms with E-state index in [0.29, 0.717) is 58.0 Å². The molecule has 1 aliphatic carbocycles. The first kappa shape index (κ1) is 32.6. The third kappa shape index (κ3) is 7.44. The number of nitrogens with zero attached hydrogens (tertiary/aromatic N) is 5. The van der Waals surface area contributed by atoms with E-state index in [1.165, 1.54) is 5.57 Å². The Morgan fingerprint density at radius 3 is 2.37 bits per heavy atom. The van der Waals surface area contributed by atoms with Gasteiger partial charge >= 0.3 is 12.1 Å². The van der Waals surface area contributed by atoms with Gasteiger partial charge in [-0.15, -0.1) is 0 Å². The molecule has 1 aromatic rings. The highest BCUT2D eigenvalue weighted by Gasteiger charge is 2.40. The zero-order valence-corrected chi connectivity index (χ0v) is 28.0. The van der Waals surface area contributed by atoms with Crippen LogP contribution in [0.5, 0.6) is 0 Å². The Labute approximate surface area is 274 Å². The lowest BCUT2D eigenvalue weighted by Crippen LogP contribution is -2.55. The van der Waals surface area contributed by atoms with E-state index < -0.39 is 12.2 Å². The van der Waals surface area contributed by atoms with Crippen LogP contribution in [-0.2, 0) is 16.0 Å². The average molecular weight is 633 g/mol. The Balaban J connectivity index is 1.05. The number of benzene rings is 1. The standard InChI is InChI=1S/C36H52N6O4/c1-27-7-6-8-28(25-27)26-32(33(43)40-16-11-30(12-17-40)39-23-21-38(3)22-24-39)46-35(45)41-18-13-31(14-19-41)42-20-10-29-9-4-5-15-36(29,2)37-34(42)44/h4-9,25,30-32H,10-24,26H2,1-3H3,(H,37,44)/t32-,36?/m1/s1. The van der Waals surface area contributed by atoms with Crippen LogP contribution in [0.15, 0.2) is 48.1 Å². The minimum atomic E-state index is -0.866. The van der Waals surface area contributed by atoms with E-state index in [1.54, 1.807) is 4.90 Å². The summed E-state index contributed by atoms with van der Waals surface area (Å²) in [4.78, 5) is 51.3. The number of aryl methyl sites for hydroxylation is 1. The number of piperazine rings is 1. The number of allylic oxidation sites excluding steroid dienone is 2. The molecular formula is C36H52N6O4. The first-order chi connectivity index (χ1) is 22.2. The second-order valence-electron chi connectivity index (χ2n) is 14.2. The van der Waals surface area contributed by atoms with Gasteiger partial charge in [0.25, 0.3) is 5.91 Å². The molecule has 0 spiro atoms. The minimum Gasteiger partial charge on any atom is -0.436 e. The van der Waals surface area contributed by atoms with Gasteiger partial charge in [-0.05, 0) is 70.6 Å². The van der Waals surface area contributed by atoms with Crippen LogP contribution < -0.4 is 5.32 Å². The molecule has 4 saturated heterocycles. The van der Waals surface area contributed by atoms with Crippen LogP contribution >= 0.6 is 0 Å². The molecule has 0 bridgehead atoms. The van der Waals surface area contributed by atoms with E-state index in [4.69, 9.17) is 4.74 Å². The number of fused-ring (bicyclic) bond motifs is 1. The maximum Gasteiger partial charge on any atom is 0.410 e. The van der Waals surface area contributed by atoms with Crippen molar-refractivity contribution in [3.05, 3.63) is 59.2 Å². The summed E-state index contributed by atoms with van der Waals surface area (Å²) in [6.45, 7) is 11.5. The molecule has 0 aromatic heterocycles. The lowest BCUT2D eigenvalue weighted by molar-refractivity contribution is -0.142. The Morgan fingerprint density at radius 1 is 0.957 bits per heavy atom. The number of ether oxygens (including phenoxy) is 1. The third-order valence-corrected chi connectivity index (χ3v) is 11.0. The van der Waals surface area contributed by atoms with Crippen molar-refractivity contribution in [1.82, 2.24) is 29.8 Å². The number of nitrogens with one attached hydrogen (secondary N) is 1. The fourth-order valence-electron chi connectivity index (χ4n) is 7.92. The van der Waals surface area contributed by atoms with Crippen molar-refractivity contribution in [2.75, 3.05) is 66.0 Å². The molecule has 0 radical (unpaired) electrons. The fourth-order valence-corrected chi connectivity index (χ4v) is 7.92. The molecule has 4 fully saturated rings. The lowest BCUT2D eigenvalue weighted by Gasteiger charge is -2.42. The quantitative estimate of drug-likeness (QED) is 0.514. The van der Waals surface area contributed by atoms with E-state index in [0.717, 1.165) is 63.0 Å². The molecule has 1 unspecified atom stereocenters. The summed E-state index contributed by atoms with van der Waals surface area (Å²) in [5.74, 6) is -0.0958. The van der Waals surface area contributed by atoms with Gasteiger partial charge in [0.05, 0.1) is 5.54 Å². The normalized spacial score (nSPS) is 26.2. The fraction of sp³-hybridized carbons (Fsp3) is 0.639. The molecule has 2 atom stereocenters. The van der Waals surface area contributed by atoms with Gasteiger partial charge in [-0.25, -0.2) is 9.59 Å². The molecule has 4 aliphatic heterocycles. The molecule has 46 heavy (non-hydrogen) atoms. The van der Waals surface area contributed by atoms with Gasteiger partial charge in [0.2, 0.25) is 0 Å². The second-order valence-corrected chi connectivity index (χ2v) is 14.2. The Bertz CT molecular complexity index is 1320. The van der Waals surface area contributed by atoms with Crippen molar-refractivity contribution in [2.24, 2.45) is 0 Å². The van der Waals surface area contributed by atoms with E-state index >= 15 is 0 Å². The Morgan fingerprint density at radius 2 is 1.65 bits per heavy atom. The number of hydrogen-bond acceptors (Lipinski definition) is 6. The zero-order valence-electron chi connectivity index (χ0n) is 28.0. The smallest absolute Gasteiger partial charge is 0.410 e. The van der Waals surface area contributed by atoms with Gasteiger partial charge in [-0.2, -0.15) is 0 Å². The number of carbonyl (C=O) groups excluding carboxylic acids is 3. The monoisotopic (exact) mass is 632 g/mol. The van der Waals surface area contributed by atoms with Crippen LogP contribution in [0.1, 0.15) is 56.6 Å². The average Bonchev–Trinajstić information content (AvgIpc) is 3.19. The third-order valence-electron chi connectivity index (χ3n) is 11.0. The number of urea groups is 1. The van der Waals surface area contributed by atoms with Gasteiger partial charge in [-0.1, -0.05) is 48.1 Å². The number of hydrogen-bond donors (Lipinski definition) is 1. The highest BCUT2D eigenvalue weighted by atomic mass is 16.6. The molecule has 1 N–H and O–H groups in total. The van der Waals surface area contributed by atoms with Gasteiger partial charge in [0, 0.05) is 77.4 Å². The highest BCUT2D eigenvalue weighted by Crippen LogP contribution is 2.32. The van der Waals surface area contributed by atoms with Crippen molar-refractivity contribution in [2.45, 2.75) is 82.5 Å². The molecule has 4 heterocycles. The topological polar surface area (TPSA) is 88.7 Å². The number of piperidine rings is 2. The summed E-state index contributed by atoms with van der Waals surface area (Å²) in [7, 11) is 2.17. The van der Waals surface area contributed by atoms with E-state index in [-0.39, 0.29) is 23.5 Å². The molecule has 6 rings (SSSR count). The molecular weight excluding hydrogens is 580 g/mol. The zero-order chi connectivity index (χ0) is 32.3. The number of amides is 4. The summed E-state index contributed by atoms with van der Waals surface area (Å²) >= 11 is 0. The first-order valence-corrected chi connectivity index (χ1v) is 17.4. The number of likely N-dealkylation sites (N-methyl/N-ethyl adjacent to an activating group) is 1. The summed E-state index contributed by atoms with van der Waals surface area (Å²) in [6.07, 6.45) is 10.3. The number of rotatable bonds is 6. The van der Waals surface area contributed by atoms with E-state index in [9.17, 15) is 14.4 Å². The van der Waals surface area contributed by atoms with Gasteiger partial charge < -0.3 is 29.7 Å². The van der Waals surface area contributed by atoms with Crippen LogP contribution in [0.2, 0.25) is 0 Å². The number of likely N-dealkylation sites (tertiary alicyclic amines) is 2. The molecule has 10 heteroatoms. The van der Waals surface area contributed by atoms with Crippen LogP contribution in [0.3, 0.4) is 0 Å². The van der Waals surface area contributed by atoms with Crippen LogP contribution in [0, 0.1) is 6.92 Å². The summed E-state index contributed by atoms with van der Waals surface area (Å²) in [5.41, 5.74) is 3.04. The largest absolute Gasteiger partial charge is 0.436 e. The first-order valence-electron chi connectivity index (χ1n) is 17.4. The highest BCUT2D eigenvalue weighted by molar-refractivity contribution is 5.84. The van der Waals surface area contributed by atoms with Crippen molar-refractivity contribution in [1.29, 1.82) is 0 Å². The maximum absolute atomic E-state index is 13.9. The van der Waals surface area contributed by atoms with E-state index in [2.05, 4.69) is 53.4 Å². The SMILES string of the molecule is Cc1cccc(C[C@@H](OC(=O)N2CCC(N3CCC4=CC=CCC4(C)NC3=O)CC2)C(=O)N2CCC(N3CCN(C)CC3)CC2)c1. The molecule has 250 valence electrons. The van der Waals surface area contributed by atoms with Crippen LogP contribution in [0.4, 0.5) is 9.59 Å². The van der Waals surface area contributed by atoms with Gasteiger partial charge in [0.15, 0.2) is 6.10 Å². The Hall–Kier alpha value is -3.37. The molecule has 5 aliphatic rings. The predicted molar refractivity (Wildman–Crippen MR) is 179 cm³/mol. The van der Waals surface area contributed by atoms with Crippen molar-refractivity contribution in [3.63, 3.8) is 0 Å². The van der Waals surface area contributed by atoms with Gasteiger partial charge in [-0.3, -0.25) is 9.69 Å². The lowest BCUT2D eigenvalue weighted by atomic mass is 9.83. The van der Waals surface area contributed by atoms with E-state index in [1.807, 2.05) is 34.9 Å². The molecule has 1 aromatic carbocycles. The van der Waals surface area contributed by atoms with Crippen molar-refractivity contribution < 1.29 is 19.1 Å². The summed E-state index contributed by atoms with van der Waals surface area (Å²) in [5, 5.41) is 3.27. The van der Waals surface area contributed by atoms with Crippen molar-refractivity contribution >= 4 is 18.0 Å². The summed E-state index contributed by atoms with van der Waals surface area (Å²) in [6, 6.07) is 8.63. The molecule has 4 amide bonds. The Kier molecular flexibility index (Phi) is 10.0. The molecule has 0 saturated carbocycles. The predicted octanol–water partition coefficient (Wildman–Crippen LogP) is 3.81. The summed E-state index contributed by atoms with van der Waals surface area (Å²) < 4.78 is 6.08. The minimum absolute atomic E-state index is 0.0255. The number of carbonyl (C=O) groups is 3. The van der Waals surface area contributed by atoms with Crippen LogP contribution in [-0.4, -0.2) is 132 Å². The maximum atomic E-state index is 13.9. The second kappa shape index (κ2) is 14.2. The van der Waals surface area contributed by atoms with Crippen molar-refractivity contribution in [3.8, 4) is 0 Å². The molecule has 10 nitrogen and oxygen atoms in total. The van der Waals surface area contributed by atoms with Gasteiger partial charge in [0.1, 0.15) is 0 Å².